The first kappa shape index (κ1) is 17.8. The number of carboxylic acid groups (broad SMARTS) is 1. The largest absolute Gasteiger partial charge is 0.481 e. The van der Waals surface area contributed by atoms with Gasteiger partial charge in [0.2, 0.25) is 0 Å². The van der Waals surface area contributed by atoms with Crippen LogP contribution in [-0.4, -0.2) is 66.7 Å². The Labute approximate surface area is 127 Å². The average molecular weight is 299 g/mol. The van der Waals surface area contributed by atoms with E-state index in [0.29, 0.717) is 19.0 Å². The lowest BCUT2D eigenvalue weighted by atomic mass is 9.99. The van der Waals surface area contributed by atoms with Gasteiger partial charge in [0.25, 0.3) is 0 Å². The Bertz CT molecular complexity index is 361. The van der Waals surface area contributed by atoms with Gasteiger partial charge in [0, 0.05) is 25.7 Å². The van der Waals surface area contributed by atoms with Crippen molar-refractivity contribution >= 4 is 12.0 Å². The Morgan fingerprint density at radius 3 is 2.38 bits per heavy atom. The third kappa shape index (κ3) is 5.53. The zero-order valence-electron chi connectivity index (χ0n) is 13.8. The molecule has 3 unspecified atom stereocenters. The van der Waals surface area contributed by atoms with Gasteiger partial charge in [-0.3, -0.25) is 4.79 Å². The molecule has 122 valence electrons. The van der Waals surface area contributed by atoms with Crippen LogP contribution in [0.4, 0.5) is 4.79 Å². The van der Waals surface area contributed by atoms with Gasteiger partial charge < -0.3 is 20.2 Å². The lowest BCUT2D eigenvalue weighted by molar-refractivity contribution is -0.142. The standard InChI is InChI=1S/C15H29N3O3/c1-10(2)6-12(8-17(4)5)16-15(21)18-7-11(3)13(9-18)14(19)20/h10-13H,6-9H2,1-5H3,(H,16,21)(H,19,20). The summed E-state index contributed by atoms with van der Waals surface area (Å²) < 4.78 is 0. The van der Waals surface area contributed by atoms with Gasteiger partial charge in [0.1, 0.15) is 0 Å². The fourth-order valence-electron chi connectivity index (χ4n) is 2.91. The highest BCUT2D eigenvalue weighted by Gasteiger charge is 2.37. The van der Waals surface area contributed by atoms with E-state index in [1.807, 2.05) is 21.0 Å². The molecule has 2 amide bonds. The van der Waals surface area contributed by atoms with Crippen molar-refractivity contribution in [2.45, 2.75) is 33.2 Å². The van der Waals surface area contributed by atoms with E-state index >= 15 is 0 Å². The van der Waals surface area contributed by atoms with Gasteiger partial charge in [-0.25, -0.2) is 4.79 Å². The Hall–Kier alpha value is -1.30. The lowest BCUT2D eigenvalue weighted by Gasteiger charge is -2.26. The van der Waals surface area contributed by atoms with Crippen molar-refractivity contribution in [3.05, 3.63) is 0 Å². The van der Waals surface area contributed by atoms with E-state index in [-0.39, 0.29) is 18.0 Å². The second-order valence-electron chi connectivity index (χ2n) is 6.87. The maximum Gasteiger partial charge on any atom is 0.317 e. The molecule has 1 fully saturated rings. The van der Waals surface area contributed by atoms with Gasteiger partial charge in [0.05, 0.1) is 5.92 Å². The normalized spacial score (nSPS) is 23.7. The Morgan fingerprint density at radius 2 is 1.95 bits per heavy atom. The number of urea groups is 1. The van der Waals surface area contributed by atoms with Crippen molar-refractivity contribution in [3.63, 3.8) is 0 Å². The minimum Gasteiger partial charge on any atom is -0.481 e. The highest BCUT2D eigenvalue weighted by molar-refractivity contribution is 5.77. The van der Waals surface area contributed by atoms with E-state index in [0.717, 1.165) is 13.0 Å². The number of likely N-dealkylation sites (tertiary alicyclic amines) is 1. The smallest absolute Gasteiger partial charge is 0.317 e. The van der Waals surface area contributed by atoms with Crippen LogP contribution in [0.1, 0.15) is 27.2 Å². The van der Waals surface area contributed by atoms with E-state index in [1.165, 1.54) is 0 Å². The van der Waals surface area contributed by atoms with Crippen LogP contribution in [0, 0.1) is 17.8 Å². The van der Waals surface area contributed by atoms with Crippen LogP contribution in [0.15, 0.2) is 0 Å². The predicted octanol–water partition coefficient (Wildman–Crippen LogP) is 1.32. The average Bonchev–Trinajstić information content (AvgIpc) is 2.69. The summed E-state index contributed by atoms with van der Waals surface area (Å²) in [5.41, 5.74) is 0. The first-order chi connectivity index (χ1) is 9.70. The number of nitrogens with zero attached hydrogens (tertiary/aromatic N) is 2. The summed E-state index contributed by atoms with van der Waals surface area (Å²) >= 11 is 0. The maximum absolute atomic E-state index is 12.3. The van der Waals surface area contributed by atoms with Crippen molar-refractivity contribution < 1.29 is 14.7 Å². The van der Waals surface area contributed by atoms with Crippen molar-refractivity contribution in [2.75, 3.05) is 33.7 Å². The van der Waals surface area contributed by atoms with Crippen LogP contribution in [0.3, 0.4) is 0 Å². The molecule has 0 aromatic rings. The number of hydrogen-bond donors (Lipinski definition) is 2. The quantitative estimate of drug-likeness (QED) is 0.776. The summed E-state index contributed by atoms with van der Waals surface area (Å²) in [5, 5.41) is 12.2. The van der Waals surface area contributed by atoms with Crippen LogP contribution >= 0.6 is 0 Å². The second-order valence-corrected chi connectivity index (χ2v) is 6.87. The van der Waals surface area contributed by atoms with Crippen molar-refractivity contribution in [3.8, 4) is 0 Å². The molecule has 3 atom stereocenters. The van der Waals surface area contributed by atoms with Crippen molar-refractivity contribution in [1.29, 1.82) is 0 Å². The summed E-state index contributed by atoms with van der Waals surface area (Å²) in [6, 6.07) is -0.0511. The van der Waals surface area contributed by atoms with E-state index in [2.05, 4.69) is 24.1 Å². The number of carbonyl (C=O) groups excluding carboxylic acids is 1. The highest BCUT2D eigenvalue weighted by Crippen LogP contribution is 2.23. The van der Waals surface area contributed by atoms with Crippen molar-refractivity contribution in [2.24, 2.45) is 17.8 Å². The summed E-state index contributed by atoms with van der Waals surface area (Å²) in [6.07, 6.45) is 0.912. The first-order valence-corrected chi connectivity index (χ1v) is 7.63. The summed E-state index contributed by atoms with van der Waals surface area (Å²) in [6.45, 7) is 7.76. The molecule has 1 saturated heterocycles. The number of amides is 2. The minimum atomic E-state index is -0.815. The maximum atomic E-state index is 12.3. The zero-order valence-corrected chi connectivity index (χ0v) is 13.8. The third-order valence-electron chi connectivity index (χ3n) is 3.89. The Morgan fingerprint density at radius 1 is 1.33 bits per heavy atom. The number of rotatable bonds is 6. The first-order valence-electron chi connectivity index (χ1n) is 7.63. The van der Waals surface area contributed by atoms with Gasteiger partial charge in [-0.2, -0.15) is 0 Å². The Balaban J connectivity index is 2.59. The molecule has 6 nitrogen and oxygen atoms in total. The molecule has 0 radical (unpaired) electrons. The number of likely N-dealkylation sites (N-methyl/N-ethyl adjacent to an activating group) is 1. The molecule has 0 saturated carbocycles. The summed E-state index contributed by atoms with van der Waals surface area (Å²) in [4.78, 5) is 27.2. The minimum absolute atomic E-state index is 0.00523. The molecule has 1 rings (SSSR count). The van der Waals surface area contributed by atoms with Crippen LogP contribution in [0.25, 0.3) is 0 Å². The monoisotopic (exact) mass is 299 g/mol. The molecule has 21 heavy (non-hydrogen) atoms. The molecular weight excluding hydrogens is 270 g/mol. The molecule has 0 aliphatic carbocycles. The summed E-state index contributed by atoms with van der Waals surface area (Å²) in [5.74, 6) is -0.761. The number of carbonyl (C=O) groups is 2. The van der Waals surface area contributed by atoms with E-state index in [1.54, 1.807) is 4.90 Å². The van der Waals surface area contributed by atoms with E-state index in [9.17, 15) is 9.59 Å². The molecule has 1 aliphatic rings. The second kappa shape index (κ2) is 7.64. The Kier molecular flexibility index (Phi) is 6.45. The molecule has 2 N–H and O–H groups in total. The van der Waals surface area contributed by atoms with Gasteiger partial charge in [-0.05, 0) is 32.4 Å². The lowest BCUT2D eigenvalue weighted by Crippen LogP contribution is -2.48. The highest BCUT2D eigenvalue weighted by atomic mass is 16.4. The molecular formula is C15H29N3O3. The number of aliphatic carboxylic acids is 1. The molecule has 1 heterocycles. The van der Waals surface area contributed by atoms with E-state index in [4.69, 9.17) is 5.11 Å². The molecule has 0 bridgehead atoms. The van der Waals surface area contributed by atoms with Crippen molar-refractivity contribution in [1.82, 2.24) is 15.1 Å². The summed E-state index contributed by atoms with van der Waals surface area (Å²) in [7, 11) is 3.97. The number of hydrogen-bond acceptors (Lipinski definition) is 3. The van der Waals surface area contributed by atoms with Gasteiger partial charge in [-0.15, -0.1) is 0 Å². The SMILES string of the molecule is CC(C)CC(CN(C)C)NC(=O)N1CC(C)C(C(=O)O)C1. The third-order valence-corrected chi connectivity index (χ3v) is 3.89. The van der Waals surface area contributed by atoms with Gasteiger partial charge >= 0.3 is 12.0 Å². The molecule has 0 spiro atoms. The predicted molar refractivity (Wildman–Crippen MR) is 82.2 cm³/mol. The molecule has 6 heteroatoms. The fraction of sp³-hybridized carbons (Fsp3) is 0.867. The van der Waals surface area contributed by atoms with Crippen LogP contribution in [0.5, 0.6) is 0 Å². The molecule has 0 aromatic heterocycles. The zero-order chi connectivity index (χ0) is 16.2. The topological polar surface area (TPSA) is 72.9 Å². The van der Waals surface area contributed by atoms with Gasteiger partial charge in [-0.1, -0.05) is 20.8 Å². The number of carboxylic acids is 1. The van der Waals surface area contributed by atoms with Crippen LogP contribution in [0.2, 0.25) is 0 Å². The molecule has 1 aliphatic heterocycles. The molecule has 0 aromatic carbocycles. The van der Waals surface area contributed by atoms with Crippen LogP contribution in [-0.2, 0) is 4.79 Å². The van der Waals surface area contributed by atoms with Gasteiger partial charge in [0.15, 0.2) is 0 Å². The number of nitrogens with one attached hydrogen (secondary N) is 1. The van der Waals surface area contributed by atoms with Crippen LogP contribution < -0.4 is 5.32 Å². The fourth-order valence-corrected chi connectivity index (χ4v) is 2.91. The van der Waals surface area contributed by atoms with E-state index < -0.39 is 11.9 Å².